The van der Waals surface area contributed by atoms with Gasteiger partial charge >= 0.3 is 0 Å². The highest BCUT2D eigenvalue weighted by Crippen LogP contribution is 2.31. The number of piperazine rings is 1. The van der Waals surface area contributed by atoms with Gasteiger partial charge in [-0.1, -0.05) is 23.2 Å². The van der Waals surface area contributed by atoms with E-state index in [0.29, 0.717) is 5.02 Å². The van der Waals surface area contributed by atoms with Crippen LogP contribution in [0.25, 0.3) is 0 Å². The Morgan fingerprint density at radius 3 is 2.43 bits per heavy atom. The fourth-order valence-corrected chi connectivity index (χ4v) is 4.09. The fraction of sp³-hybridized carbons (Fsp3) is 0.333. The van der Waals surface area contributed by atoms with Gasteiger partial charge in [0.2, 0.25) is 0 Å². The number of non-ortho nitro benzene ring substituents is 1. The molecule has 1 aromatic carbocycles. The number of anilines is 1. The highest BCUT2D eigenvalue weighted by atomic mass is 35.5. The van der Waals surface area contributed by atoms with Crippen LogP contribution in [0.4, 0.5) is 11.4 Å². The third-order valence-electron chi connectivity index (χ3n) is 3.86. The van der Waals surface area contributed by atoms with Gasteiger partial charge < -0.3 is 4.90 Å². The van der Waals surface area contributed by atoms with E-state index in [1.807, 2.05) is 6.07 Å². The number of nitro benzene ring substituents is 1. The number of hydrogen-bond donors (Lipinski definition) is 0. The molecule has 0 bridgehead atoms. The van der Waals surface area contributed by atoms with E-state index in [1.165, 1.54) is 17.0 Å². The molecule has 5 nitrogen and oxygen atoms in total. The number of nitrogens with zero attached hydrogens (tertiary/aromatic N) is 3. The summed E-state index contributed by atoms with van der Waals surface area (Å²) in [4.78, 5) is 16.2. The molecule has 0 unspecified atom stereocenters. The van der Waals surface area contributed by atoms with Crippen molar-refractivity contribution in [3.05, 3.63) is 54.7 Å². The van der Waals surface area contributed by atoms with Gasteiger partial charge in [0.15, 0.2) is 0 Å². The number of halogens is 2. The molecule has 0 N–H and O–H groups in total. The van der Waals surface area contributed by atoms with Crippen LogP contribution in [-0.2, 0) is 6.54 Å². The summed E-state index contributed by atoms with van der Waals surface area (Å²) < 4.78 is 0.816. The molecular weight excluding hydrogens is 357 g/mol. The minimum Gasteiger partial charge on any atom is -0.368 e. The molecule has 0 saturated carbocycles. The predicted molar refractivity (Wildman–Crippen MR) is 94.9 cm³/mol. The molecule has 0 spiro atoms. The van der Waals surface area contributed by atoms with Gasteiger partial charge in [0.05, 0.1) is 20.0 Å². The summed E-state index contributed by atoms with van der Waals surface area (Å²) in [5, 5.41) is 11.2. The van der Waals surface area contributed by atoms with Gasteiger partial charge in [-0.3, -0.25) is 15.0 Å². The molecule has 1 aliphatic heterocycles. The molecular formula is C15H15Cl2N3O2S. The van der Waals surface area contributed by atoms with E-state index < -0.39 is 4.92 Å². The lowest BCUT2D eigenvalue weighted by Gasteiger charge is -2.36. The molecule has 3 rings (SSSR count). The zero-order valence-electron chi connectivity index (χ0n) is 12.2. The molecule has 0 atom stereocenters. The van der Waals surface area contributed by atoms with E-state index in [2.05, 4.69) is 15.9 Å². The molecule has 1 aliphatic rings. The van der Waals surface area contributed by atoms with E-state index in [9.17, 15) is 10.1 Å². The molecule has 1 aromatic heterocycles. The number of hydrogen-bond acceptors (Lipinski definition) is 5. The molecule has 0 radical (unpaired) electrons. The lowest BCUT2D eigenvalue weighted by molar-refractivity contribution is -0.384. The lowest BCUT2D eigenvalue weighted by Crippen LogP contribution is -2.45. The van der Waals surface area contributed by atoms with E-state index in [0.717, 1.165) is 42.7 Å². The third-order valence-corrected chi connectivity index (χ3v) is 5.38. The fourth-order valence-electron chi connectivity index (χ4n) is 2.67. The molecule has 2 heterocycles. The maximum absolute atomic E-state index is 10.8. The maximum atomic E-state index is 10.8. The van der Waals surface area contributed by atoms with Crippen molar-refractivity contribution in [2.75, 3.05) is 31.1 Å². The SMILES string of the molecule is O=[N+]([O-])c1ccc(N2CCN(Cc3ccc(Cl)s3)CC2)c(Cl)c1. The highest BCUT2D eigenvalue weighted by Gasteiger charge is 2.20. The molecule has 122 valence electrons. The first-order valence-electron chi connectivity index (χ1n) is 7.18. The van der Waals surface area contributed by atoms with Crippen molar-refractivity contribution >= 4 is 45.9 Å². The van der Waals surface area contributed by atoms with Crippen LogP contribution in [0.1, 0.15) is 4.88 Å². The first-order chi connectivity index (χ1) is 11.0. The van der Waals surface area contributed by atoms with E-state index in [4.69, 9.17) is 23.2 Å². The number of rotatable bonds is 4. The molecule has 2 aromatic rings. The predicted octanol–water partition coefficient (Wildman–Crippen LogP) is 4.29. The van der Waals surface area contributed by atoms with E-state index in [-0.39, 0.29) is 5.69 Å². The monoisotopic (exact) mass is 371 g/mol. The molecule has 0 aliphatic carbocycles. The highest BCUT2D eigenvalue weighted by molar-refractivity contribution is 7.16. The summed E-state index contributed by atoms with van der Waals surface area (Å²) in [5.74, 6) is 0. The van der Waals surface area contributed by atoms with Crippen molar-refractivity contribution in [1.29, 1.82) is 0 Å². The van der Waals surface area contributed by atoms with Gasteiger partial charge in [-0.15, -0.1) is 11.3 Å². The van der Waals surface area contributed by atoms with Crippen LogP contribution in [0.2, 0.25) is 9.36 Å². The van der Waals surface area contributed by atoms with Crippen molar-refractivity contribution < 1.29 is 4.92 Å². The Hall–Kier alpha value is -1.34. The second kappa shape index (κ2) is 7.05. The van der Waals surface area contributed by atoms with Crippen molar-refractivity contribution in [3.8, 4) is 0 Å². The van der Waals surface area contributed by atoms with Gasteiger partial charge in [0.1, 0.15) is 0 Å². The Bertz CT molecular complexity index is 714. The summed E-state index contributed by atoms with van der Waals surface area (Å²) in [6.07, 6.45) is 0. The van der Waals surface area contributed by atoms with Crippen LogP contribution in [0.5, 0.6) is 0 Å². The van der Waals surface area contributed by atoms with Gasteiger partial charge in [-0.2, -0.15) is 0 Å². The van der Waals surface area contributed by atoms with Crippen molar-refractivity contribution in [1.82, 2.24) is 4.90 Å². The van der Waals surface area contributed by atoms with Crippen LogP contribution in [0.15, 0.2) is 30.3 Å². The maximum Gasteiger partial charge on any atom is 0.271 e. The van der Waals surface area contributed by atoms with Crippen molar-refractivity contribution in [2.45, 2.75) is 6.54 Å². The zero-order chi connectivity index (χ0) is 16.4. The van der Waals surface area contributed by atoms with Crippen molar-refractivity contribution in [3.63, 3.8) is 0 Å². The third kappa shape index (κ3) is 3.95. The molecule has 8 heteroatoms. The van der Waals surface area contributed by atoms with Gasteiger partial charge in [0.25, 0.3) is 5.69 Å². The topological polar surface area (TPSA) is 49.6 Å². The average molecular weight is 372 g/mol. The lowest BCUT2D eigenvalue weighted by atomic mass is 10.2. The van der Waals surface area contributed by atoms with E-state index in [1.54, 1.807) is 17.4 Å². The van der Waals surface area contributed by atoms with Crippen LogP contribution >= 0.6 is 34.5 Å². The Kier molecular flexibility index (Phi) is 5.06. The van der Waals surface area contributed by atoms with Gasteiger partial charge in [-0.25, -0.2) is 0 Å². The quantitative estimate of drug-likeness (QED) is 0.594. The van der Waals surface area contributed by atoms with Gasteiger partial charge in [0, 0.05) is 49.7 Å². The van der Waals surface area contributed by atoms with Crippen LogP contribution in [-0.4, -0.2) is 36.0 Å². The van der Waals surface area contributed by atoms with Crippen LogP contribution in [0.3, 0.4) is 0 Å². The van der Waals surface area contributed by atoms with Crippen LogP contribution < -0.4 is 4.90 Å². The summed E-state index contributed by atoms with van der Waals surface area (Å²) in [5.41, 5.74) is 0.878. The first-order valence-corrected chi connectivity index (χ1v) is 8.75. The summed E-state index contributed by atoms with van der Waals surface area (Å²) in [7, 11) is 0. The minimum absolute atomic E-state index is 0.0203. The smallest absolute Gasteiger partial charge is 0.271 e. The summed E-state index contributed by atoms with van der Waals surface area (Å²) >= 11 is 13.8. The zero-order valence-corrected chi connectivity index (χ0v) is 14.6. The second-order valence-corrected chi connectivity index (χ2v) is 7.57. The number of nitro groups is 1. The largest absolute Gasteiger partial charge is 0.368 e. The average Bonchev–Trinajstić information content (AvgIpc) is 2.93. The molecule has 0 amide bonds. The Morgan fingerprint density at radius 1 is 1.13 bits per heavy atom. The van der Waals surface area contributed by atoms with E-state index >= 15 is 0 Å². The van der Waals surface area contributed by atoms with Gasteiger partial charge in [-0.05, 0) is 18.2 Å². The summed E-state index contributed by atoms with van der Waals surface area (Å²) in [6.45, 7) is 4.43. The van der Waals surface area contributed by atoms with Crippen LogP contribution in [0, 0.1) is 10.1 Å². The minimum atomic E-state index is -0.431. The normalized spacial score (nSPS) is 15.8. The molecule has 1 fully saturated rings. The Morgan fingerprint density at radius 2 is 1.87 bits per heavy atom. The first kappa shape index (κ1) is 16.5. The molecule has 23 heavy (non-hydrogen) atoms. The summed E-state index contributed by atoms with van der Waals surface area (Å²) in [6, 6.07) is 8.63. The number of benzene rings is 1. The second-order valence-electron chi connectivity index (χ2n) is 5.36. The Labute approximate surface area is 148 Å². The van der Waals surface area contributed by atoms with Crippen molar-refractivity contribution in [2.24, 2.45) is 0 Å². The Balaban J connectivity index is 1.61. The standard InChI is InChI=1S/C15H15Cl2N3O2S/c16-13-9-11(20(21)22)1-3-14(13)19-7-5-18(6-8-19)10-12-2-4-15(17)23-12/h1-4,9H,5-8,10H2. The number of thiophene rings is 1. The molecule has 1 saturated heterocycles.